The van der Waals surface area contributed by atoms with Gasteiger partial charge in [-0.05, 0) is 71.8 Å². The molecule has 6 rings (SSSR count). The summed E-state index contributed by atoms with van der Waals surface area (Å²) in [6.07, 6.45) is -0.116. The van der Waals surface area contributed by atoms with Crippen LogP contribution in [0.4, 0.5) is 10.1 Å². The van der Waals surface area contributed by atoms with Gasteiger partial charge in [0.1, 0.15) is 16.9 Å². The number of pyridine rings is 1. The first kappa shape index (κ1) is 31.1. The van der Waals surface area contributed by atoms with E-state index in [-0.39, 0.29) is 34.0 Å². The second kappa shape index (κ2) is 13.6. The van der Waals surface area contributed by atoms with Crippen LogP contribution in [0.15, 0.2) is 120 Å². The fourth-order valence-electron chi connectivity index (χ4n) is 5.02. The summed E-state index contributed by atoms with van der Waals surface area (Å²) in [7, 11) is 0. The average molecular weight is 642 g/mol. The van der Waals surface area contributed by atoms with Crippen LogP contribution in [0.2, 0.25) is 0 Å². The van der Waals surface area contributed by atoms with E-state index < -0.39 is 35.5 Å². The molecule has 1 aromatic heterocycles. The summed E-state index contributed by atoms with van der Waals surface area (Å²) in [4.78, 5) is 57.1. The van der Waals surface area contributed by atoms with E-state index in [4.69, 9.17) is 4.74 Å². The van der Waals surface area contributed by atoms with E-state index in [0.29, 0.717) is 16.8 Å². The molecule has 0 aliphatic carbocycles. The zero-order chi connectivity index (χ0) is 32.9. The number of nitrogens with zero attached hydrogens (tertiary/aromatic N) is 3. The summed E-state index contributed by atoms with van der Waals surface area (Å²) in [5, 5.41) is 9.06. The van der Waals surface area contributed by atoms with Gasteiger partial charge < -0.3 is 4.74 Å². The van der Waals surface area contributed by atoms with E-state index in [0.717, 1.165) is 27.8 Å². The molecule has 1 fully saturated rings. The maximum atomic E-state index is 13.4. The van der Waals surface area contributed by atoms with E-state index in [1.165, 1.54) is 36.4 Å². The summed E-state index contributed by atoms with van der Waals surface area (Å²) in [5.74, 6) is -2.41. The summed E-state index contributed by atoms with van der Waals surface area (Å²) < 4.78 is 18.6. The van der Waals surface area contributed by atoms with Gasteiger partial charge in [-0.3, -0.25) is 14.4 Å². The molecule has 10 heteroatoms. The molecular formula is C37H24FN3O5S. The van der Waals surface area contributed by atoms with E-state index >= 15 is 0 Å². The number of hydrogen-bond donors (Lipinski definition) is 0. The Kier molecular flexibility index (Phi) is 9.00. The molecule has 2 heterocycles. The molecule has 1 atom stereocenters. The highest BCUT2D eigenvalue weighted by Gasteiger charge is 2.41. The third-order valence-electron chi connectivity index (χ3n) is 7.49. The minimum atomic E-state index is -0.831. The number of halogens is 1. The predicted octanol–water partition coefficient (Wildman–Crippen LogP) is 6.89. The second-order valence-corrected chi connectivity index (χ2v) is 11.7. The van der Waals surface area contributed by atoms with Crippen molar-refractivity contribution in [2.24, 2.45) is 0 Å². The van der Waals surface area contributed by atoms with Crippen molar-refractivity contribution in [1.82, 2.24) is 4.98 Å². The fraction of sp³-hybridized carbons (Fsp3) is 0.0811. The second-order valence-electron chi connectivity index (χ2n) is 10.5. The van der Waals surface area contributed by atoms with Gasteiger partial charge in [-0.25, -0.2) is 19.1 Å². The molecular weight excluding hydrogens is 617 g/mol. The van der Waals surface area contributed by atoms with Crippen molar-refractivity contribution in [3.63, 3.8) is 0 Å². The minimum absolute atomic E-state index is 0.116. The molecule has 0 bridgehead atoms. The van der Waals surface area contributed by atoms with Gasteiger partial charge in [-0.2, -0.15) is 5.26 Å². The summed E-state index contributed by atoms with van der Waals surface area (Å²) >= 11 is 1.01. The lowest BCUT2D eigenvalue weighted by molar-refractivity contribution is -0.121. The number of ketones is 1. The molecule has 0 N–H and O–H groups in total. The van der Waals surface area contributed by atoms with Gasteiger partial charge in [0.2, 0.25) is 11.8 Å². The number of amides is 2. The Morgan fingerprint density at radius 1 is 0.830 bits per heavy atom. The van der Waals surface area contributed by atoms with E-state index in [9.17, 15) is 28.8 Å². The van der Waals surface area contributed by atoms with E-state index in [1.54, 1.807) is 36.4 Å². The number of Topliss-reactive ketones (excluding diaryl/α,β-unsaturated/α-hetero) is 1. The number of ether oxygens (including phenoxy) is 1. The van der Waals surface area contributed by atoms with E-state index in [1.807, 2.05) is 42.5 Å². The molecule has 0 spiro atoms. The maximum absolute atomic E-state index is 13.4. The zero-order valence-corrected chi connectivity index (χ0v) is 25.4. The number of thioether (sulfide) groups is 1. The van der Waals surface area contributed by atoms with Crippen molar-refractivity contribution in [2.45, 2.75) is 16.7 Å². The Labute approximate surface area is 273 Å². The lowest BCUT2D eigenvalue weighted by Crippen LogP contribution is -2.31. The van der Waals surface area contributed by atoms with Gasteiger partial charge in [-0.15, -0.1) is 0 Å². The first-order valence-corrected chi connectivity index (χ1v) is 15.3. The highest BCUT2D eigenvalue weighted by atomic mass is 32.2. The fourth-order valence-corrected chi connectivity index (χ4v) is 6.12. The van der Waals surface area contributed by atoms with Crippen LogP contribution < -0.4 is 4.90 Å². The molecule has 8 nitrogen and oxygen atoms in total. The molecule has 1 saturated heterocycles. The van der Waals surface area contributed by atoms with Gasteiger partial charge >= 0.3 is 5.97 Å². The molecule has 2 amide bonds. The number of esters is 1. The number of aromatic nitrogens is 1. The topological polar surface area (TPSA) is 117 Å². The molecule has 4 aromatic carbocycles. The molecule has 5 aromatic rings. The smallest absolute Gasteiger partial charge is 0.338 e. The number of hydrogen-bond acceptors (Lipinski definition) is 8. The molecule has 230 valence electrons. The zero-order valence-electron chi connectivity index (χ0n) is 24.6. The predicted molar refractivity (Wildman–Crippen MR) is 174 cm³/mol. The van der Waals surface area contributed by atoms with Crippen molar-refractivity contribution < 1.29 is 28.3 Å². The standard InChI is InChI=1S/C37H24FN3O5S/c38-29-15-10-25(11-16-29)31-19-14-28(21-39)35(40-31)47-33-20-34(43)41(36(33)44)30-17-12-27(13-18-30)37(45)46-22-32(42)26-8-6-24(7-9-26)23-4-2-1-3-5-23/h1-19,33H,20,22H2. The number of carbonyl (C=O) groups is 4. The normalized spacial score (nSPS) is 14.1. The summed E-state index contributed by atoms with van der Waals surface area (Å²) in [6.45, 7) is -0.450. The van der Waals surface area contributed by atoms with Crippen LogP contribution in [-0.2, 0) is 14.3 Å². The number of rotatable bonds is 9. The van der Waals surface area contributed by atoms with Gasteiger partial charge in [0.15, 0.2) is 12.4 Å². The lowest BCUT2D eigenvalue weighted by Gasteiger charge is -2.15. The van der Waals surface area contributed by atoms with Crippen LogP contribution >= 0.6 is 11.8 Å². The number of imide groups is 1. The number of carbonyl (C=O) groups excluding carboxylic acids is 4. The Morgan fingerprint density at radius 3 is 2.15 bits per heavy atom. The third-order valence-corrected chi connectivity index (χ3v) is 8.68. The van der Waals surface area contributed by atoms with Crippen LogP contribution in [-0.4, -0.2) is 40.4 Å². The van der Waals surface area contributed by atoms with Crippen molar-refractivity contribution >= 4 is 41.0 Å². The number of benzene rings is 4. The van der Waals surface area contributed by atoms with Crippen LogP contribution in [0.25, 0.3) is 22.4 Å². The highest BCUT2D eigenvalue weighted by molar-refractivity contribution is 8.00. The Bertz CT molecular complexity index is 2030. The largest absolute Gasteiger partial charge is 0.454 e. The lowest BCUT2D eigenvalue weighted by atomic mass is 10.0. The maximum Gasteiger partial charge on any atom is 0.338 e. The van der Waals surface area contributed by atoms with Crippen LogP contribution in [0.3, 0.4) is 0 Å². The minimum Gasteiger partial charge on any atom is -0.454 e. The average Bonchev–Trinajstić information content (AvgIpc) is 3.39. The van der Waals surface area contributed by atoms with Crippen molar-refractivity contribution in [1.29, 1.82) is 5.26 Å². The SMILES string of the molecule is N#Cc1ccc(-c2ccc(F)cc2)nc1SC1CC(=O)N(c2ccc(C(=O)OCC(=O)c3ccc(-c4ccccc4)cc3)cc2)C1=O. The quantitative estimate of drug-likeness (QED) is 0.0970. The number of anilines is 1. The van der Waals surface area contributed by atoms with E-state index in [2.05, 4.69) is 11.1 Å². The molecule has 47 heavy (non-hydrogen) atoms. The molecule has 1 aliphatic rings. The van der Waals surface area contributed by atoms with Crippen LogP contribution in [0, 0.1) is 17.1 Å². The van der Waals surface area contributed by atoms with Crippen LogP contribution in [0.1, 0.15) is 32.7 Å². The molecule has 1 unspecified atom stereocenters. The third kappa shape index (κ3) is 6.85. The molecule has 0 saturated carbocycles. The summed E-state index contributed by atoms with van der Waals surface area (Å²) in [5.41, 5.74) is 4.16. The van der Waals surface area contributed by atoms with Crippen molar-refractivity contribution in [3.05, 3.63) is 138 Å². The van der Waals surface area contributed by atoms with Gasteiger partial charge in [0.25, 0.3) is 0 Å². The Morgan fingerprint density at radius 2 is 1.47 bits per heavy atom. The molecule has 0 radical (unpaired) electrons. The highest BCUT2D eigenvalue weighted by Crippen LogP contribution is 2.36. The van der Waals surface area contributed by atoms with Gasteiger partial charge in [0.05, 0.1) is 27.8 Å². The van der Waals surface area contributed by atoms with Crippen molar-refractivity contribution in [2.75, 3.05) is 11.5 Å². The summed E-state index contributed by atoms with van der Waals surface area (Å²) in [6, 6.07) is 33.5. The monoisotopic (exact) mass is 641 g/mol. The Balaban J connectivity index is 1.08. The first-order valence-electron chi connectivity index (χ1n) is 14.5. The van der Waals surface area contributed by atoms with Gasteiger partial charge in [0, 0.05) is 17.5 Å². The molecule has 1 aliphatic heterocycles. The van der Waals surface area contributed by atoms with Gasteiger partial charge in [-0.1, -0.05) is 66.4 Å². The first-order chi connectivity index (χ1) is 22.8. The number of nitriles is 1. The Hall–Kier alpha value is -5.92. The van der Waals surface area contributed by atoms with Crippen molar-refractivity contribution in [3.8, 4) is 28.5 Å². The van der Waals surface area contributed by atoms with Crippen LogP contribution in [0.5, 0.6) is 0 Å².